The highest BCUT2D eigenvalue weighted by Gasteiger charge is 2.35. The van der Waals surface area contributed by atoms with Gasteiger partial charge in [0.25, 0.3) is 0 Å². The highest BCUT2D eigenvalue weighted by Crippen LogP contribution is 2.34. The summed E-state index contributed by atoms with van der Waals surface area (Å²) in [5.74, 6) is -0.581. The number of ether oxygens (including phenoxy) is 1. The van der Waals surface area contributed by atoms with E-state index in [0.29, 0.717) is 24.7 Å². The number of hydrogen-bond donors (Lipinski definition) is 1. The van der Waals surface area contributed by atoms with E-state index >= 15 is 0 Å². The molecular formula is C20H19ClN2O3. The van der Waals surface area contributed by atoms with Crippen molar-refractivity contribution < 1.29 is 14.3 Å². The fourth-order valence-electron chi connectivity index (χ4n) is 3.58. The zero-order chi connectivity index (χ0) is 18.1. The van der Waals surface area contributed by atoms with Crippen molar-refractivity contribution in [2.45, 2.75) is 18.4 Å². The summed E-state index contributed by atoms with van der Waals surface area (Å²) in [6.45, 7) is 1.48. The monoisotopic (exact) mass is 370 g/mol. The molecule has 2 amide bonds. The van der Waals surface area contributed by atoms with Gasteiger partial charge in [-0.15, -0.1) is 0 Å². The van der Waals surface area contributed by atoms with Gasteiger partial charge in [0.2, 0.25) is 11.8 Å². The molecule has 6 heteroatoms. The van der Waals surface area contributed by atoms with Gasteiger partial charge >= 0.3 is 0 Å². The standard InChI is InChI=1S/C20H19ClN2O3/c21-14-7-5-13(6-8-14)18-12-23(9-10-26-18)20(25)16-11-19(24)22-17-4-2-1-3-15(16)17/h1-8,16,18H,9-12H2,(H,22,24). The molecule has 2 heterocycles. The first-order valence-electron chi connectivity index (χ1n) is 8.66. The first-order chi connectivity index (χ1) is 12.6. The lowest BCUT2D eigenvalue weighted by Gasteiger charge is -2.36. The van der Waals surface area contributed by atoms with Crippen molar-refractivity contribution >= 4 is 29.1 Å². The number of benzene rings is 2. The Labute approximate surface area is 156 Å². The van der Waals surface area contributed by atoms with E-state index in [9.17, 15) is 9.59 Å². The molecule has 0 bridgehead atoms. The SMILES string of the molecule is O=C1CC(C(=O)N2CCOC(c3ccc(Cl)cc3)C2)c2ccccc2N1. The Hall–Kier alpha value is -2.37. The van der Waals surface area contributed by atoms with Crippen molar-refractivity contribution in [3.63, 3.8) is 0 Å². The van der Waals surface area contributed by atoms with E-state index in [-0.39, 0.29) is 24.3 Å². The Kier molecular flexibility index (Phi) is 4.66. The molecule has 26 heavy (non-hydrogen) atoms. The van der Waals surface area contributed by atoms with Gasteiger partial charge in [0.05, 0.1) is 19.1 Å². The van der Waals surface area contributed by atoms with E-state index in [2.05, 4.69) is 5.32 Å². The number of nitrogens with zero attached hydrogens (tertiary/aromatic N) is 1. The van der Waals surface area contributed by atoms with Crippen LogP contribution < -0.4 is 5.32 Å². The second-order valence-corrected chi connectivity index (χ2v) is 7.02. The number of nitrogens with one attached hydrogen (secondary N) is 1. The molecule has 1 fully saturated rings. The maximum absolute atomic E-state index is 13.2. The molecule has 0 aromatic heterocycles. The molecule has 2 unspecified atom stereocenters. The third-order valence-electron chi connectivity index (χ3n) is 4.92. The Balaban J connectivity index is 1.54. The number of morpholine rings is 1. The largest absolute Gasteiger partial charge is 0.370 e. The Bertz CT molecular complexity index is 837. The molecule has 134 valence electrons. The Morgan fingerprint density at radius 1 is 1.15 bits per heavy atom. The number of rotatable bonds is 2. The van der Waals surface area contributed by atoms with Gasteiger partial charge in [0.1, 0.15) is 6.10 Å². The van der Waals surface area contributed by atoms with Gasteiger partial charge in [-0.2, -0.15) is 0 Å². The molecule has 1 N–H and O–H groups in total. The fraction of sp³-hybridized carbons (Fsp3) is 0.300. The van der Waals surface area contributed by atoms with Crippen molar-refractivity contribution in [1.82, 2.24) is 4.90 Å². The summed E-state index contributed by atoms with van der Waals surface area (Å²) in [4.78, 5) is 27.0. The number of halogens is 1. The molecule has 2 aromatic carbocycles. The van der Waals surface area contributed by atoms with Gasteiger partial charge in [0.15, 0.2) is 0 Å². The topological polar surface area (TPSA) is 58.6 Å². The van der Waals surface area contributed by atoms with Crippen LogP contribution in [0.2, 0.25) is 5.02 Å². The molecule has 5 nitrogen and oxygen atoms in total. The van der Waals surface area contributed by atoms with Crippen molar-refractivity contribution in [1.29, 1.82) is 0 Å². The number of carbonyl (C=O) groups is 2. The average molecular weight is 371 g/mol. The van der Waals surface area contributed by atoms with Crippen molar-refractivity contribution in [3.05, 3.63) is 64.7 Å². The van der Waals surface area contributed by atoms with Crippen molar-refractivity contribution in [2.75, 3.05) is 25.0 Å². The van der Waals surface area contributed by atoms with Crippen LogP contribution in [0.4, 0.5) is 5.69 Å². The van der Waals surface area contributed by atoms with E-state index in [1.54, 1.807) is 0 Å². The Morgan fingerprint density at radius 3 is 2.73 bits per heavy atom. The zero-order valence-electron chi connectivity index (χ0n) is 14.2. The minimum Gasteiger partial charge on any atom is -0.370 e. The van der Waals surface area contributed by atoms with Crippen LogP contribution in [-0.2, 0) is 14.3 Å². The molecule has 0 saturated carbocycles. The van der Waals surface area contributed by atoms with Crippen molar-refractivity contribution in [2.24, 2.45) is 0 Å². The van der Waals surface area contributed by atoms with Crippen LogP contribution in [0.5, 0.6) is 0 Å². The smallest absolute Gasteiger partial charge is 0.230 e. The summed E-state index contributed by atoms with van der Waals surface area (Å²) in [5.41, 5.74) is 2.60. The van der Waals surface area contributed by atoms with Gasteiger partial charge in [-0.25, -0.2) is 0 Å². The molecule has 4 rings (SSSR count). The zero-order valence-corrected chi connectivity index (χ0v) is 14.9. The van der Waals surface area contributed by atoms with Gasteiger partial charge in [0, 0.05) is 23.7 Å². The normalized spacial score (nSPS) is 22.5. The summed E-state index contributed by atoms with van der Waals surface area (Å²) in [6, 6.07) is 15.0. The number of fused-ring (bicyclic) bond motifs is 1. The predicted molar refractivity (Wildman–Crippen MR) is 99.2 cm³/mol. The first-order valence-corrected chi connectivity index (χ1v) is 9.04. The Morgan fingerprint density at radius 2 is 1.92 bits per heavy atom. The van der Waals surface area contributed by atoms with E-state index in [4.69, 9.17) is 16.3 Å². The van der Waals surface area contributed by atoms with Crippen LogP contribution >= 0.6 is 11.6 Å². The van der Waals surface area contributed by atoms with E-state index in [0.717, 1.165) is 16.8 Å². The second-order valence-electron chi connectivity index (χ2n) is 6.59. The molecule has 2 aliphatic rings. The highest BCUT2D eigenvalue weighted by atomic mass is 35.5. The summed E-state index contributed by atoms with van der Waals surface area (Å²) in [5, 5.41) is 3.51. The van der Waals surface area contributed by atoms with Gasteiger partial charge < -0.3 is 15.0 Å². The van der Waals surface area contributed by atoms with E-state index in [1.165, 1.54) is 0 Å². The summed E-state index contributed by atoms with van der Waals surface area (Å²) >= 11 is 5.95. The fourth-order valence-corrected chi connectivity index (χ4v) is 3.71. The minimum atomic E-state index is -0.441. The summed E-state index contributed by atoms with van der Waals surface area (Å²) in [6.07, 6.45) is -0.00337. The van der Waals surface area contributed by atoms with Gasteiger partial charge in [-0.05, 0) is 29.3 Å². The summed E-state index contributed by atoms with van der Waals surface area (Å²) in [7, 11) is 0. The first kappa shape index (κ1) is 17.1. The molecule has 0 aliphatic carbocycles. The van der Waals surface area contributed by atoms with Gasteiger partial charge in [-0.1, -0.05) is 41.9 Å². The summed E-state index contributed by atoms with van der Waals surface area (Å²) < 4.78 is 5.85. The number of amides is 2. The van der Waals surface area contributed by atoms with Crippen molar-refractivity contribution in [3.8, 4) is 0 Å². The molecule has 0 spiro atoms. The van der Waals surface area contributed by atoms with E-state index < -0.39 is 5.92 Å². The van der Waals surface area contributed by atoms with Crippen LogP contribution in [0, 0.1) is 0 Å². The molecule has 2 aliphatic heterocycles. The quantitative estimate of drug-likeness (QED) is 0.881. The van der Waals surface area contributed by atoms with Gasteiger partial charge in [-0.3, -0.25) is 9.59 Å². The van der Waals surface area contributed by atoms with Crippen LogP contribution in [0.15, 0.2) is 48.5 Å². The molecule has 0 radical (unpaired) electrons. The van der Waals surface area contributed by atoms with E-state index in [1.807, 2.05) is 53.4 Å². The maximum Gasteiger partial charge on any atom is 0.230 e. The van der Waals surface area contributed by atoms with Crippen LogP contribution in [0.3, 0.4) is 0 Å². The predicted octanol–water partition coefficient (Wildman–Crippen LogP) is 3.37. The lowest BCUT2D eigenvalue weighted by molar-refractivity contribution is -0.142. The lowest BCUT2D eigenvalue weighted by atomic mass is 9.89. The number of anilines is 1. The van der Waals surface area contributed by atoms with Crippen LogP contribution in [0.25, 0.3) is 0 Å². The third-order valence-corrected chi connectivity index (χ3v) is 5.17. The molecule has 1 saturated heterocycles. The second kappa shape index (κ2) is 7.09. The minimum absolute atomic E-state index is 0.0189. The average Bonchev–Trinajstić information content (AvgIpc) is 2.67. The third kappa shape index (κ3) is 3.32. The number of para-hydroxylation sites is 1. The molecule has 2 aromatic rings. The molecular weight excluding hydrogens is 352 g/mol. The van der Waals surface area contributed by atoms with Crippen LogP contribution in [-0.4, -0.2) is 36.4 Å². The highest BCUT2D eigenvalue weighted by molar-refractivity contribution is 6.30. The van der Waals surface area contributed by atoms with Crippen LogP contribution in [0.1, 0.15) is 29.6 Å². The lowest BCUT2D eigenvalue weighted by Crippen LogP contribution is -2.45. The molecule has 2 atom stereocenters. The maximum atomic E-state index is 13.2. The number of hydrogen-bond acceptors (Lipinski definition) is 3. The number of carbonyl (C=O) groups excluding carboxylic acids is 2.